The summed E-state index contributed by atoms with van der Waals surface area (Å²) in [5.41, 5.74) is 0. The highest BCUT2D eigenvalue weighted by Gasteiger charge is 2.39. The molecule has 1 aliphatic carbocycles. The molecule has 2 atom stereocenters. The highest BCUT2D eigenvalue weighted by molar-refractivity contribution is 4.83. The molecule has 0 N–H and O–H groups in total. The fourth-order valence-electron chi connectivity index (χ4n) is 2.38. The van der Waals surface area contributed by atoms with Crippen molar-refractivity contribution in [2.24, 2.45) is 17.8 Å². The fraction of sp³-hybridized carbons (Fsp3) is 1.00. The van der Waals surface area contributed by atoms with Crippen molar-refractivity contribution < 1.29 is 8.78 Å². The zero-order valence-corrected chi connectivity index (χ0v) is 8.11. The van der Waals surface area contributed by atoms with Crippen LogP contribution in [-0.4, -0.2) is 5.92 Å². The lowest BCUT2D eigenvalue weighted by atomic mass is 9.73. The summed E-state index contributed by atoms with van der Waals surface area (Å²) >= 11 is 0. The van der Waals surface area contributed by atoms with Crippen molar-refractivity contribution in [3.8, 4) is 0 Å². The first-order valence-corrected chi connectivity index (χ1v) is 4.80. The fourth-order valence-corrected chi connectivity index (χ4v) is 2.38. The lowest BCUT2D eigenvalue weighted by molar-refractivity contribution is -0.0720. The molecule has 1 fully saturated rings. The monoisotopic (exact) mass is 176 g/mol. The van der Waals surface area contributed by atoms with E-state index in [1.807, 2.05) is 6.92 Å². The van der Waals surface area contributed by atoms with Crippen LogP contribution < -0.4 is 0 Å². The predicted molar refractivity (Wildman–Crippen MR) is 46.3 cm³/mol. The van der Waals surface area contributed by atoms with Crippen LogP contribution in [0.2, 0.25) is 0 Å². The first kappa shape index (κ1) is 9.94. The molecule has 72 valence electrons. The Kier molecular flexibility index (Phi) is 2.74. The van der Waals surface area contributed by atoms with Crippen molar-refractivity contribution in [3.63, 3.8) is 0 Å². The van der Waals surface area contributed by atoms with E-state index in [0.29, 0.717) is 18.3 Å². The van der Waals surface area contributed by atoms with Crippen LogP contribution in [0, 0.1) is 17.8 Å². The van der Waals surface area contributed by atoms with Crippen molar-refractivity contribution >= 4 is 0 Å². The first-order valence-electron chi connectivity index (χ1n) is 4.80. The topological polar surface area (TPSA) is 0 Å². The lowest BCUT2D eigenvalue weighted by Crippen LogP contribution is -2.33. The van der Waals surface area contributed by atoms with Gasteiger partial charge >= 0.3 is 0 Å². The molecular formula is C10H18F2. The highest BCUT2D eigenvalue weighted by Crippen LogP contribution is 2.42. The third-order valence-corrected chi connectivity index (χ3v) is 3.05. The van der Waals surface area contributed by atoms with Crippen LogP contribution in [0.15, 0.2) is 0 Å². The summed E-state index contributed by atoms with van der Waals surface area (Å²) in [4.78, 5) is 0. The zero-order valence-electron chi connectivity index (χ0n) is 8.11. The molecule has 0 aliphatic heterocycles. The average molecular weight is 176 g/mol. The molecule has 1 saturated carbocycles. The Bertz CT molecular complexity index is 152. The minimum absolute atomic E-state index is 0.0931. The Labute approximate surface area is 73.3 Å². The van der Waals surface area contributed by atoms with E-state index < -0.39 is 5.92 Å². The molecule has 2 heteroatoms. The summed E-state index contributed by atoms with van der Waals surface area (Å²) in [6.07, 6.45) is 0.891. The summed E-state index contributed by atoms with van der Waals surface area (Å²) in [5.74, 6) is -1.14. The van der Waals surface area contributed by atoms with Gasteiger partial charge in [0.05, 0.1) is 0 Å². The normalized spacial score (nSPS) is 35.5. The van der Waals surface area contributed by atoms with Crippen molar-refractivity contribution in [2.75, 3.05) is 0 Å². The maximum Gasteiger partial charge on any atom is 0.248 e. The second-order valence-electron chi connectivity index (χ2n) is 4.48. The van der Waals surface area contributed by atoms with Crippen LogP contribution in [0.5, 0.6) is 0 Å². The van der Waals surface area contributed by atoms with Crippen LogP contribution in [0.1, 0.15) is 40.0 Å². The van der Waals surface area contributed by atoms with E-state index in [4.69, 9.17) is 0 Å². The maximum atomic E-state index is 12.9. The van der Waals surface area contributed by atoms with Gasteiger partial charge in [0.2, 0.25) is 5.92 Å². The van der Waals surface area contributed by atoms with Gasteiger partial charge in [-0.25, -0.2) is 8.78 Å². The van der Waals surface area contributed by atoms with E-state index in [1.54, 1.807) is 0 Å². The summed E-state index contributed by atoms with van der Waals surface area (Å²) < 4.78 is 25.8. The van der Waals surface area contributed by atoms with Crippen molar-refractivity contribution in [1.82, 2.24) is 0 Å². The van der Waals surface area contributed by atoms with Crippen LogP contribution in [0.3, 0.4) is 0 Å². The van der Waals surface area contributed by atoms with Gasteiger partial charge < -0.3 is 0 Å². The van der Waals surface area contributed by atoms with Gasteiger partial charge in [-0.1, -0.05) is 20.8 Å². The molecule has 0 aromatic rings. The minimum atomic E-state index is -2.38. The molecule has 0 radical (unpaired) electrons. The number of halogens is 2. The van der Waals surface area contributed by atoms with Crippen LogP contribution in [0.4, 0.5) is 8.78 Å². The number of rotatable bonds is 1. The molecule has 0 aromatic heterocycles. The van der Waals surface area contributed by atoms with Gasteiger partial charge in [0, 0.05) is 12.8 Å². The van der Waals surface area contributed by atoms with Gasteiger partial charge in [0.1, 0.15) is 0 Å². The summed E-state index contributed by atoms with van der Waals surface area (Å²) in [7, 11) is 0. The molecule has 12 heavy (non-hydrogen) atoms. The van der Waals surface area contributed by atoms with E-state index in [2.05, 4.69) is 13.8 Å². The van der Waals surface area contributed by atoms with Crippen molar-refractivity contribution in [3.05, 3.63) is 0 Å². The second-order valence-corrected chi connectivity index (χ2v) is 4.48. The predicted octanol–water partition coefficient (Wildman–Crippen LogP) is 3.71. The third-order valence-electron chi connectivity index (χ3n) is 3.05. The van der Waals surface area contributed by atoms with E-state index >= 15 is 0 Å². The van der Waals surface area contributed by atoms with E-state index in [0.717, 1.165) is 0 Å². The Morgan fingerprint density at radius 2 is 1.92 bits per heavy atom. The van der Waals surface area contributed by atoms with Gasteiger partial charge in [-0.2, -0.15) is 0 Å². The molecule has 2 unspecified atom stereocenters. The molecule has 1 rings (SSSR count). The van der Waals surface area contributed by atoms with Gasteiger partial charge in [-0.15, -0.1) is 0 Å². The highest BCUT2D eigenvalue weighted by atomic mass is 19.3. The SMILES string of the molecule is CC(C)C1CCC(F)(F)CC1C. The Morgan fingerprint density at radius 1 is 1.33 bits per heavy atom. The van der Waals surface area contributed by atoms with Crippen LogP contribution >= 0.6 is 0 Å². The largest absolute Gasteiger partial charge is 0.248 e. The summed E-state index contributed by atoms with van der Waals surface area (Å²) in [6.45, 7) is 6.22. The number of hydrogen-bond donors (Lipinski definition) is 0. The Morgan fingerprint density at radius 3 is 2.33 bits per heavy atom. The second kappa shape index (κ2) is 3.31. The van der Waals surface area contributed by atoms with Crippen LogP contribution in [-0.2, 0) is 0 Å². The quantitative estimate of drug-likeness (QED) is 0.571. The smallest absolute Gasteiger partial charge is 0.207 e. The molecule has 0 aromatic carbocycles. The minimum Gasteiger partial charge on any atom is -0.207 e. The maximum absolute atomic E-state index is 12.9. The van der Waals surface area contributed by atoms with Gasteiger partial charge in [0.15, 0.2) is 0 Å². The molecule has 0 amide bonds. The molecule has 1 aliphatic rings. The Balaban J connectivity index is 2.54. The molecule has 0 bridgehead atoms. The van der Waals surface area contributed by atoms with Crippen molar-refractivity contribution in [2.45, 2.75) is 46.0 Å². The summed E-state index contributed by atoms with van der Waals surface area (Å²) in [5, 5.41) is 0. The molecule has 0 nitrogen and oxygen atoms in total. The molecule has 0 spiro atoms. The van der Waals surface area contributed by atoms with Gasteiger partial charge in [-0.05, 0) is 24.2 Å². The summed E-state index contributed by atoms with van der Waals surface area (Å²) in [6, 6.07) is 0. The number of hydrogen-bond acceptors (Lipinski definition) is 0. The standard InChI is InChI=1S/C10H18F2/c1-7(2)9-4-5-10(11,12)6-8(9)3/h7-9H,4-6H2,1-3H3. The Hall–Kier alpha value is -0.140. The molecule has 0 heterocycles. The average Bonchev–Trinajstić information content (AvgIpc) is 1.83. The lowest BCUT2D eigenvalue weighted by Gasteiger charge is -2.36. The van der Waals surface area contributed by atoms with Gasteiger partial charge in [0.25, 0.3) is 0 Å². The van der Waals surface area contributed by atoms with E-state index in [-0.39, 0.29) is 18.8 Å². The van der Waals surface area contributed by atoms with Crippen LogP contribution in [0.25, 0.3) is 0 Å². The first-order chi connectivity index (χ1) is 5.42. The van der Waals surface area contributed by atoms with Crippen molar-refractivity contribution in [1.29, 1.82) is 0 Å². The van der Waals surface area contributed by atoms with E-state index in [9.17, 15) is 8.78 Å². The molecule has 0 saturated heterocycles. The molecular weight excluding hydrogens is 158 g/mol. The zero-order chi connectivity index (χ0) is 9.35. The van der Waals surface area contributed by atoms with Gasteiger partial charge in [-0.3, -0.25) is 0 Å². The number of alkyl halides is 2. The third kappa shape index (κ3) is 2.18. The van der Waals surface area contributed by atoms with E-state index in [1.165, 1.54) is 0 Å².